The van der Waals surface area contributed by atoms with Crippen molar-refractivity contribution in [1.29, 1.82) is 5.26 Å². The number of likely N-dealkylation sites (N-methyl/N-ethyl adjacent to an activating group) is 1. The van der Waals surface area contributed by atoms with Gasteiger partial charge in [-0.15, -0.1) is 0 Å². The third-order valence-electron chi connectivity index (χ3n) is 5.08. The van der Waals surface area contributed by atoms with Crippen LogP contribution >= 0.6 is 11.6 Å². The number of hydrogen-bond acceptors (Lipinski definition) is 3. The number of nitrogens with zero attached hydrogens (tertiary/aromatic N) is 2. The second kappa shape index (κ2) is 8.14. The molecule has 0 fully saturated rings. The highest BCUT2D eigenvalue weighted by Crippen LogP contribution is 2.39. The minimum atomic E-state index is -0.462. The Labute approximate surface area is 177 Å². The Morgan fingerprint density at radius 3 is 2.69 bits per heavy atom. The van der Waals surface area contributed by atoms with Crippen molar-refractivity contribution in [3.63, 3.8) is 0 Å². The maximum absolute atomic E-state index is 12.5. The first-order valence-electron chi connectivity index (χ1n) is 9.55. The normalized spacial score (nSPS) is 15.2. The molecular weight excluding hydrogens is 382 g/mol. The van der Waals surface area contributed by atoms with E-state index in [4.69, 9.17) is 11.6 Å². The number of carbonyl (C=O) groups excluding carboxylic acids is 1. The molecule has 0 saturated carbocycles. The molecule has 4 nitrogen and oxygen atoms in total. The van der Waals surface area contributed by atoms with E-state index in [0.29, 0.717) is 10.7 Å². The summed E-state index contributed by atoms with van der Waals surface area (Å²) in [6, 6.07) is 14.9. The molecule has 0 radical (unpaired) electrons. The standard InChI is InChI=1S/C24H24ClN3O/c1-5-28-22-10-9-17(12-21(22)16(2)14-24(28,3)4)11-18(15-26)23(29)27-20-8-6-7-19(25)13-20/h6-14H,5H2,1-4H3,(H,27,29)/b18-11+. The maximum atomic E-state index is 12.5. The van der Waals surface area contributed by atoms with Crippen molar-refractivity contribution in [2.45, 2.75) is 33.2 Å². The fraction of sp³-hybridized carbons (Fsp3) is 0.250. The van der Waals surface area contributed by atoms with Crippen molar-refractivity contribution >= 4 is 40.5 Å². The first kappa shape index (κ1) is 20.7. The lowest BCUT2D eigenvalue weighted by Crippen LogP contribution is -2.44. The summed E-state index contributed by atoms with van der Waals surface area (Å²) in [6.45, 7) is 9.53. The van der Waals surface area contributed by atoms with Crippen LogP contribution in [-0.2, 0) is 4.79 Å². The largest absolute Gasteiger partial charge is 0.363 e. The summed E-state index contributed by atoms with van der Waals surface area (Å²) in [5.41, 5.74) is 4.81. The molecule has 2 aromatic rings. The molecule has 1 aliphatic heterocycles. The molecule has 2 aromatic carbocycles. The van der Waals surface area contributed by atoms with E-state index in [0.717, 1.165) is 23.4 Å². The summed E-state index contributed by atoms with van der Waals surface area (Å²) in [5.74, 6) is -0.462. The number of allylic oxidation sites excluding steroid dienone is 1. The van der Waals surface area contributed by atoms with Gasteiger partial charge in [0.25, 0.3) is 5.91 Å². The summed E-state index contributed by atoms with van der Waals surface area (Å²) in [7, 11) is 0. The van der Waals surface area contributed by atoms with Crippen LogP contribution in [0, 0.1) is 11.3 Å². The highest BCUT2D eigenvalue weighted by atomic mass is 35.5. The number of benzene rings is 2. The lowest BCUT2D eigenvalue weighted by Gasteiger charge is -2.42. The SMILES string of the molecule is CCN1c2ccc(/C=C(\C#N)C(=O)Nc3cccc(Cl)c3)cc2C(C)=CC1(C)C. The van der Waals surface area contributed by atoms with Crippen molar-refractivity contribution in [3.8, 4) is 6.07 Å². The molecule has 0 spiro atoms. The molecule has 0 aromatic heterocycles. The van der Waals surface area contributed by atoms with E-state index in [9.17, 15) is 10.1 Å². The number of hydrogen-bond donors (Lipinski definition) is 1. The van der Waals surface area contributed by atoms with Gasteiger partial charge in [0.15, 0.2) is 0 Å². The van der Waals surface area contributed by atoms with E-state index in [1.54, 1.807) is 30.3 Å². The van der Waals surface area contributed by atoms with Crippen molar-refractivity contribution in [3.05, 3.63) is 70.3 Å². The van der Waals surface area contributed by atoms with Gasteiger partial charge >= 0.3 is 0 Å². The van der Waals surface area contributed by atoms with E-state index in [1.165, 1.54) is 5.57 Å². The number of amides is 1. The van der Waals surface area contributed by atoms with Crippen LogP contribution in [-0.4, -0.2) is 18.0 Å². The molecule has 0 bridgehead atoms. The zero-order valence-electron chi connectivity index (χ0n) is 17.1. The van der Waals surface area contributed by atoms with E-state index in [-0.39, 0.29) is 11.1 Å². The van der Waals surface area contributed by atoms with Gasteiger partial charge < -0.3 is 10.2 Å². The van der Waals surface area contributed by atoms with Gasteiger partial charge in [-0.3, -0.25) is 4.79 Å². The molecule has 3 rings (SSSR count). The van der Waals surface area contributed by atoms with Gasteiger partial charge in [0.1, 0.15) is 11.6 Å². The van der Waals surface area contributed by atoms with Gasteiger partial charge in [-0.05, 0) is 75.2 Å². The minimum Gasteiger partial charge on any atom is -0.363 e. The second-order valence-electron chi connectivity index (χ2n) is 7.64. The van der Waals surface area contributed by atoms with Crippen molar-refractivity contribution in [1.82, 2.24) is 0 Å². The molecule has 1 N–H and O–H groups in total. The van der Waals surface area contributed by atoms with Gasteiger partial charge in [-0.2, -0.15) is 5.26 Å². The predicted octanol–water partition coefficient (Wildman–Crippen LogP) is 5.91. The maximum Gasteiger partial charge on any atom is 0.266 e. The van der Waals surface area contributed by atoms with Crippen LogP contribution in [0.25, 0.3) is 11.6 Å². The quantitative estimate of drug-likeness (QED) is 0.508. The van der Waals surface area contributed by atoms with Crippen molar-refractivity contribution in [2.24, 2.45) is 0 Å². The third kappa shape index (κ3) is 4.36. The highest BCUT2D eigenvalue weighted by Gasteiger charge is 2.30. The molecule has 0 aliphatic carbocycles. The van der Waals surface area contributed by atoms with E-state index in [2.05, 4.69) is 50.1 Å². The molecular formula is C24H24ClN3O. The first-order valence-corrected chi connectivity index (χ1v) is 9.93. The van der Waals surface area contributed by atoms with E-state index < -0.39 is 5.91 Å². The second-order valence-corrected chi connectivity index (χ2v) is 8.07. The molecule has 1 aliphatic rings. The van der Waals surface area contributed by atoms with Crippen LogP contribution in [0.2, 0.25) is 5.02 Å². The number of halogens is 1. The van der Waals surface area contributed by atoms with E-state index >= 15 is 0 Å². The first-order chi connectivity index (χ1) is 13.7. The molecule has 5 heteroatoms. The Kier molecular flexibility index (Phi) is 5.81. The van der Waals surface area contributed by atoms with Crippen molar-refractivity contribution in [2.75, 3.05) is 16.8 Å². The lowest BCUT2D eigenvalue weighted by molar-refractivity contribution is -0.112. The van der Waals surface area contributed by atoms with Gasteiger partial charge in [0.05, 0.1) is 5.54 Å². The Morgan fingerprint density at radius 2 is 2.03 bits per heavy atom. The molecule has 0 atom stereocenters. The average molecular weight is 406 g/mol. The van der Waals surface area contributed by atoms with E-state index in [1.807, 2.05) is 18.2 Å². The Morgan fingerprint density at radius 1 is 1.28 bits per heavy atom. The molecule has 1 heterocycles. The number of fused-ring (bicyclic) bond motifs is 1. The van der Waals surface area contributed by atoms with Crippen LogP contribution in [0.4, 0.5) is 11.4 Å². The van der Waals surface area contributed by atoms with Crippen molar-refractivity contribution < 1.29 is 4.79 Å². The van der Waals surface area contributed by atoms with Crippen LogP contribution in [0.1, 0.15) is 38.8 Å². The van der Waals surface area contributed by atoms with Crippen LogP contribution in [0.3, 0.4) is 0 Å². The summed E-state index contributed by atoms with van der Waals surface area (Å²) in [5, 5.41) is 12.7. The molecule has 0 saturated heterocycles. The predicted molar refractivity (Wildman–Crippen MR) is 121 cm³/mol. The highest BCUT2D eigenvalue weighted by molar-refractivity contribution is 6.31. The van der Waals surface area contributed by atoms with Gasteiger partial charge in [0.2, 0.25) is 0 Å². The molecule has 0 unspecified atom stereocenters. The van der Waals surface area contributed by atoms with Crippen LogP contribution in [0.5, 0.6) is 0 Å². The number of anilines is 2. The van der Waals surface area contributed by atoms with Crippen LogP contribution in [0.15, 0.2) is 54.1 Å². The Balaban J connectivity index is 1.92. The molecule has 29 heavy (non-hydrogen) atoms. The molecule has 148 valence electrons. The smallest absolute Gasteiger partial charge is 0.266 e. The Hall–Kier alpha value is -3.03. The summed E-state index contributed by atoms with van der Waals surface area (Å²) < 4.78 is 0. The monoisotopic (exact) mass is 405 g/mol. The molecule has 1 amide bonds. The number of carbonyl (C=O) groups is 1. The number of nitrogens with one attached hydrogen (secondary N) is 1. The number of rotatable bonds is 4. The lowest BCUT2D eigenvalue weighted by atomic mass is 9.88. The topological polar surface area (TPSA) is 56.1 Å². The fourth-order valence-corrected chi connectivity index (χ4v) is 4.04. The summed E-state index contributed by atoms with van der Waals surface area (Å²) in [6.07, 6.45) is 3.87. The minimum absolute atomic E-state index is 0.0371. The third-order valence-corrected chi connectivity index (χ3v) is 5.31. The number of nitriles is 1. The summed E-state index contributed by atoms with van der Waals surface area (Å²) in [4.78, 5) is 14.9. The fourth-order valence-electron chi connectivity index (χ4n) is 3.85. The summed E-state index contributed by atoms with van der Waals surface area (Å²) >= 11 is 5.96. The Bertz CT molecular complexity index is 1060. The zero-order valence-corrected chi connectivity index (χ0v) is 17.8. The van der Waals surface area contributed by atoms with Gasteiger partial charge in [0, 0.05) is 28.5 Å². The van der Waals surface area contributed by atoms with Gasteiger partial charge in [-0.25, -0.2) is 0 Å². The average Bonchev–Trinajstić information content (AvgIpc) is 2.66. The van der Waals surface area contributed by atoms with Crippen LogP contribution < -0.4 is 10.2 Å². The zero-order chi connectivity index (χ0) is 21.2. The van der Waals surface area contributed by atoms with Gasteiger partial charge in [-0.1, -0.05) is 29.8 Å².